The maximum Gasteiger partial charge on any atom is 0.147 e. The van der Waals surface area contributed by atoms with Crippen molar-refractivity contribution in [1.82, 2.24) is 0 Å². The molecule has 0 fully saturated rings. The van der Waals surface area contributed by atoms with E-state index in [4.69, 9.17) is 5.73 Å². The molecular formula is C11H16FN. The van der Waals surface area contributed by atoms with Gasteiger partial charge in [-0.3, -0.25) is 0 Å². The number of halogens is 1. The Morgan fingerprint density at radius 2 is 1.85 bits per heavy atom. The van der Waals surface area contributed by atoms with Crippen LogP contribution < -0.4 is 5.73 Å². The number of nitrogens with two attached hydrogens (primary N) is 1. The number of alkyl halides is 1. The average Bonchev–Trinajstić information content (AvgIpc) is 2.18. The molecule has 1 nitrogen and oxygen atoms in total. The summed E-state index contributed by atoms with van der Waals surface area (Å²) in [5.41, 5.74) is 5.88. The van der Waals surface area contributed by atoms with E-state index in [1.165, 1.54) is 0 Å². The van der Waals surface area contributed by atoms with Gasteiger partial charge in [0.25, 0.3) is 0 Å². The summed E-state index contributed by atoms with van der Waals surface area (Å²) in [6.45, 7) is 3.84. The van der Waals surface area contributed by atoms with Crippen LogP contribution in [0.25, 0.3) is 0 Å². The van der Waals surface area contributed by atoms with Crippen molar-refractivity contribution in [3.63, 3.8) is 0 Å². The molecule has 1 aromatic rings. The zero-order chi connectivity index (χ0) is 9.90. The molecule has 0 aliphatic heterocycles. The number of hydrogen-bond donors (Lipinski definition) is 1. The first-order valence-corrected chi connectivity index (χ1v) is 4.58. The number of rotatable bonds is 3. The highest BCUT2D eigenvalue weighted by molar-refractivity contribution is 5.26. The summed E-state index contributed by atoms with van der Waals surface area (Å²) in [6, 6.07) is 7.45. The van der Waals surface area contributed by atoms with Crippen molar-refractivity contribution in [2.45, 2.75) is 25.9 Å². The predicted octanol–water partition coefficient (Wildman–Crippen LogP) is 2.53. The maximum absolute atomic E-state index is 14.0. The summed E-state index contributed by atoms with van der Waals surface area (Å²) < 4.78 is 14.0. The summed E-state index contributed by atoms with van der Waals surface area (Å²) in [6.07, 6.45) is 0.423. The molecule has 0 bridgehead atoms. The van der Waals surface area contributed by atoms with Gasteiger partial charge in [-0.1, -0.05) is 36.8 Å². The summed E-state index contributed by atoms with van der Waals surface area (Å²) in [7, 11) is 0. The molecule has 0 saturated heterocycles. The molecule has 1 atom stereocenters. The predicted molar refractivity (Wildman–Crippen MR) is 53.3 cm³/mol. The lowest BCUT2D eigenvalue weighted by atomic mass is 9.93. The average molecular weight is 181 g/mol. The second-order valence-corrected chi connectivity index (χ2v) is 3.39. The molecule has 1 aromatic carbocycles. The van der Waals surface area contributed by atoms with E-state index in [2.05, 4.69) is 0 Å². The Labute approximate surface area is 78.8 Å². The van der Waals surface area contributed by atoms with E-state index in [0.717, 1.165) is 5.56 Å². The third-order valence-electron chi connectivity index (χ3n) is 2.45. The lowest BCUT2D eigenvalue weighted by Crippen LogP contribution is -2.29. The molecule has 0 aliphatic rings. The fourth-order valence-electron chi connectivity index (χ4n) is 1.32. The van der Waals surface area contributed by atoms with Crippen molar-refractivity contribution in [1.29, 1.82) is 0 Å². The minimum atomic E-state index is -1.35. The second kappa shape index (κ2) is 3.88. The Balaban J connectivity index is 2.99. The van der Waals surface area contributed by atoms with Crippen LogP contribution in [-0.2, 0) is 5.67 Å². The molecule has 1 rings (SSSR count). The van der Waals surface area contributed by atoms with Crippen molar-refractivity contribution < 1.29 is 4.39 Å². The molecule has 0 saturated carbocycles. The van der Waals surface area contributed by atoms with Crippen LogP contribution >= 0.6 is 0 Å². The van der Waals surface area contributed by atoms with Gasteiger partial charge >= 0.3 is 0 Å². The van der Waals surface area contributed by atoms with Crippen LogP contribution in [0.15, 0.2) is 24.3 Å². The summed E-state index contributed by atoms with van der Waals surface area (Å²) in [5, 5.41) is 0. The number of hydrogen-bond acceptors (Lipinski definition) is 1. The molecule has 72 valence electrons. The molecule has 0 amide bonds. The Kier molecular flexibility index (Phi) is 3.04. The normalized spacial score (nSPS) is 15.4. The van der Waals surface area contributed by atoms with Crippen molar-refractivity contribution in [2.75, 3.05) is 6.54 Å². The van der Waals surface area contributed by atoms with Crippen LogP contribution in [0.5, 0.6) is 0 Å². The van der Waals surface area contributed by atoms with Gasteiger partial charge in [0, 0.05) is 6.54 Å². The molecule has 2 heteroatoms. The van der Waals surface area contributed by atoms with Crippen LogP contribution in [0.2, 0.25) is 0 Å². The lowest BCUT2D eigenvalue weighted by Gasteiger charge is -2.22. The van der Waals surface area contributed by atoms with Gasteiger partial charge in [-0.2, -0.15) is 0 Å². The first-order valence-electron chi connectivity index (χ1n) is 4.58. The van der Waals surface area contributed by atoms with E-state index < -0.39 is 5.67 Å². The van der Waals surface area contributed by atoms with E-state index in [-0.39, 0.29) is 6.54 Å². The molecular weight excluding hydrogens is 165 g/mol. The first kappa shape index (κ1) is 10.2. The molecule has 0 heterocycles. The lowest BCUT2D eigenvalue weighted by molar-refractivity contribution is 0.169. The fraction of sp³-hybridized carbons (Fsp3) is 0.455. The van der Waals surface area contributed by atoms with E-state index in [0.29, 0.717) is 12.0 Å². The highest BCUT2D eigenvalue weighted by Gasteiger charge is 2.27. The van der Waals surface area contributed by atoms with Crippen molar-refractivity contribution in [3.8, 4) is 0 Å². The van der Waals surface area contributed by atoms with Gasteiger partial charge in [0.1, 0.15) is 5.67 Å². The van der Waals surface area contributed by atoms with E-state index in [9.17, 15) is 4.39 Å². The highest BCUT2D eigenvalue weighted by atomic mass is 19.1. The summed E-state index contributed by atoms with van der Waals surface area (Å²) in [5.74, 6) is 0. The molecule has 0 spiro atoms. The van der Waals surface area contributed by atoms with Crippen LogP contribution in [0.3, 0.4) is 0 Å². The minimum Gasteiger partial charge on any atom is -0.327 e. The molecule has 0 radical (unpaired) electrons. The van der Waals surface area contributed by atoms with Gasteiger partial charge in [0.15, 0.2) is 0 Å². The Morgan fingerprint density at radius 1 is 1.31 bits per heavy atom. The van der Waals surface area contributed by atoms with Crippen LogP contribution in [-0.4, -0.2) is 6.54 Å². The standard InChI is InChI=1S/C11H16FN/c1-3-11(12,8-13)10-6-4-9(2)5-7-10/h4-7H,3,8,13H2,1-2H3/t11-/m1/s1. The molecule has 0 aromatic heterocycles. The third-order valence-corrected chi connectivity index (χ3v) is 2.45. The number of aryl methyl sites for hydroxylation is 1. The fourth-order valence-corrected chi connectivity index (χ4v) is 1.32. The summed E-state index contributed by atoms with van der Waals surface area (Å²) >= 11 is 0. The smallest absolute Gasteiger partial charge is 0.147 e. The topological polar surface area (TPSA) is 26.0 Å². The first-order chi connectivity index (χ1) is 6.12. The minimum absolute atomic E-state index is 0.0482. The largest absolute Gasteiger partial charge is 0.327 e. The van der Waals surface area contributed by atoms with E-state index in [1.807, 2.05) is 38.1 Å². The quantitative estimate of drug-likeness (QED) is 0.761. The van der Waals surface area contributed by atoms with Crippen LogP contribution in [0, 0.1) is 6.92 Å². The van der Waals surface area contributed by atoms with Gasteiger partial charge in [-0.15, -0.1) is 0 Å². The summed E-state index contributed by atoms with van der Waals surface area (Å²) in [4.78, 5) is 0. The van der Waals surface area contributed by atoms with Crippen LogP contribution in [0.4, 0.5) is 4.39 Å². The van der Waals surface area contributed by atoms with E-state index >= 15 is 0 Å². The Morgan fingerprint density at radius 3 is 2.23 bits per heavy atom. The molecule has 13 heavy (non-hydrogen) atoms. The number of benzene rings is 1. The molecule has 0 unspecified atom stereocenters. The van der Waals surface area contributed by atoms with Gasteiger partial charge in [-0.25, -0.2) is 4.39 Å². The third kappa shape index (κ3) is 2.07. The van der Waals surface area contributed by atoms with Crippen LogP contribution in [0.1, 0.15) is 24.5 Å². The van der Waals surface area contributed by atoms with Gasteiger partial charge < -0.3 is 5.73 Å². The van der Waals surface area contributed by atoms with Gasteiger partial charge in [0.05, 0.1) is 0 Å². The van der Waals surface area contributed by atoms with Crippen molar-refractivity contribution in [3.05, 3.63) is 35.4 Å². The maximum atomic E-state index is 14.0. The van der Waals surface area contributed by atoms with Gasteiger partial charge in [-0.05, 0) is 18.9 Å². The Hall–Kier alpha value is -0.890. The van der Waals surface area contributed by atoms with Gasteiger partial charge in [0.2, 0.25) is 0 Å². The molecule has 2 N–H and O–H groups in total. The van der Waals surface area contributed by atoms with E-state index in [1.54, 1.807) is 0 Å². The Bertz CT molecular complexity index is 262. The zero-order valence-corrected chi connectivity index (χ0v) is 8.18. The highest BCUT2D eigenvalue weighted by Crippen LogP contribution is 2.28. The van der Waals surface area contributed by atoms with Crippen molar-refractivity contribution in [2.24, 2.45) is 5.73 Å². The molecule has 0 aliphatic carbocycles. The SMILES string of the molecule is CC[C@@](F)(CN)c1ccc(C)cc1. The zero-order valence-electron chi connectivity index (χ0n) is 8.18. The second-order valence-electron chi connectivity index (χ2n) is 3.39. The van der Waals surface area contributed by atoms with Crippen molar-refractivity contribution >= 4 is 0 Å². The monoisotopic (exact) mass is 181 g/mol.